The van der Waals surface area contributed by atoms with E-state index in [0.717, 1.165) is 13.0 Å². The van der Waals surface area contributed by atoms with Gasteiger partial charge in [0.15, 0.2) is 0 Å². The lowest BCUT2D eigenvalue weighted by atomic mass is 10.2. The highest BCUT2D eigenvalue weighted by atomic mass is 16.5. The Bertz CT molecular complexity index is 304. The van der Waals surface area contributed by atoms with Crippen molar-refractivity contribution in [2.24, 2.45) is 4.99 Å². The van der Waals surface area contributed by atoms with Gasteiger partial charge >= 0.3 is 5.97 Å². The molecule has 0 aromatic carbocycles. The van der Waals surface area contributed by atoms with Crippen molar-refractivity contribution in [3.8, 4) is 0 Å². The van der Waals surface area contributed by atoms with Crippen LogP contribution in [0.4, 0.5) is 0 Å². The summed E-state index contributed by atoms with van der Waals surface area (Å²) in [5.41, 5.74) is 0.136. The van der Waals surface area contributed by atoms with Crippen molar-refractivity contribution in [2.75, 3.05) is 19.7 Å². The van der Waals surface area contributed by atoms with Crippen molar-refractivity contribution in [2.45, 2.75) is 20.3 Å². The number of rotatable bonds is 3. The molecule has 5 heteroatoms. The van der Waals surface area contributed by atoms with Crippen LogP contribution < -0.4 is 5.32 Å². The second-order valence-electron chi connectivity index (χ2n) is 3.19. The number of amidine groups is 1. The van der Waals surface area contributed by atoms with E-state index >= 15 is 0 Å². The quantitative estimate of drug-likeness (QED) is 0.412. The maximum Gasteiger partial charge on any atom is 0.345 e. The third-order valence-corrected chi connectivity index (χ3v) is 1.98. The summed E-state index contributed by atoms with van der Waals surface area (Å²) in [5.74, 6) is -0.174. The Kier molecular flexibility index (Phi) is 4.15. The van der Waals surface area contributed by atoms with Crippen LogP contribution in [0.5, 0.6) is 0 Å². The molecule has 0 saturated carbocycles. The summed E-state index contributed by atoms with van der Waals surface area (Å²) in [7, 11) is 0. The van der Waals surface area contributed by atoms with E-state index in [-0.39, 0.29) is 17.9 Å². The SMILES string of the molecule is CCOC(=O)/C(C1=NCCCN1)=C(\C)O. The van der Waals surface area contributed by atoms with Crippen LogP contribution in [0.25, 0.3) is 0 Å². The molecule has 0 unspecified atom stereocenters. The number of esters is 1. The van der Waals surface area contributed by atoms with Crippen LogP contribution in [-0.2, 0) is 9.53 Å². The van der Waals surface area contributed by atoms with Gasteiger partial charge in [-0.1, -0.05) is 0 Å². The number of hydrogen-bond donors (Lipinski definition) is 2. The Morgan fingerprint density at radius 3 is 2.87 bits per heavy atom. The maximum atomic E-state index is 11.5. The number of hydrogen-bond acceptors (Lipinski definition) is 5. The highest BCUT2D eigenvalue weighted by Crippen LogP contribution is 2.08. The van der Waals surface area contributed by atoms with Crippen LogP contribution in [0.2, 0.25) is 0 Å². The van der Waals surface area contributed by atoms with E-state index in [4.69, 9.17) is 4.74 Å². The van der Waals surface area contributed by atoms with Gasteiger partial charge in [-0.05, 0) is 20.3 Å². The second-order valence-corrected chi connectivity index (χ2v) is 3.19. The average molecular weight is 212 g/mol. The zero-order chi connectivity index (χ0) is 11.3. The van der Waals surface area contributed by atoms with E-state index in [0.29, 0.717) is 12.4 Å². The van der Waals surface area contributed by atoms with Crippen molar-refractivity contribution in [3.63, 3.8) is 0 Å². The zero-order valence-electron chi connectivity index (χ0n) is 9.04. The first-order valence-electron chi connectivity index (χ1n) is 5.02. The van der Waals surface area contributed by atoms with Crippen molar-refractivity contribution < 1.29 is 14.6 Å². The minimum atomic E-state index is -0.536. The maximum absolute atomic E-state index is 11.5. The monoisotopic (exact) mass is 212 g/mol. The molecule has 1 rings (SSSR count). The molecule has 1 aliphatic heterocycles. The minimum absolute atomic E-state index is 0.0680. The van der Waals surface area contributed by atoms with Gasteiger partial charge in [-0.3, -0.25) is 4.99 Å². The molecule has 0 aromatic rings. The number of carbonyl (C=O) groups is 1. The summed E-state index contributed by atoms with van der Waals surface area (Å²) in [6.07, 6.45) is 0.935. The largest absolute Gasteiger partial charge is 0.512 e. The van der Waals surface area contributed by atoms with Crippen molar-refractivity contribution >= 4 is 11.8 Å². The van der Waals surface area contributed by atoms with Gasteiger partial charge in [-0.15, -0.1) is 0 Å². The number of allylic oxidation sites excluding steroid dienone is 1. The lowest BCUT2D eigenvalue weighted by Gasteiger charge is -2.16. The van der Waals surface area contributed by atoms with Crippen LogP contribution >= 0.6 is 0 Å². The van der Waals surface area contributed by atoms with E-state index < -0.39 is 5.97 Å². The highest BCUT2D eigenvalue weighted by Gasteiger charge is 2.21. The predicted molar refractivity (Wildman–Crippen MR) is 56.9 cm³/mol. The van der Waals surface area contributed by atoms with Crippen LogP contribution in [0.1, 0.15) is 20.3 Å². The number of ether oxygens (including phenoxy) is 1. The molecule has 0 fully saturated rings. The number of nitrogens with zero attached hydrogens (tertiary/aromatic N) is 1. The number of nitrogens with one attached hydrogen (secondary N) is 1. The number of aliphatic hydroxyl groups is 1. The highest BCUT2D eigenvalue weighted by molar-refractivity contribution is 6.19. The van der Waals surface area contributed by atoms with Gasteiger partial charge in [0.2, 0.25) is 0 Å². The molecule has 0 saturated heterocycles. The van der Waals surface area contributed by atoms with Crippen molar-refractivity contribution in [3.05, 3.63) is 11.3 Å². The molecule has 0 aromatic heterocycles. The smallest absolute Gasteiger partial charge is 0.345 e. The fourth-order valence-electron chi connectivity index (χ4n) is 1.32. The molecule has 1 heterocycles. The van der Waals surface area contributed by atoms with Crippen molar-refractivity contribution in [1.82, 2.24) is 5.32 Å². The molecule has 0 bridgehead atoms. The van der Waals surface area contributed by atoms with E-state index in [1.165, 1.54) is 6.92 Å². The summed E-state index contributed by atoms with van der Waals surface area (Å²) >= 11 is 0. The Balaban J connectivity index is 2.88. The molecule has 1 aliphatic rings. The molecule has 0 aliphatic carbocycles. The standard InChI is InChI=1S/C10H16N2O3/c1-3-15-10(14)8(7(2)13)9-11-5-4-6-12-9/h13H,3-6H2,1-2H3,(H,11,12)/b8-7+. The predicted octanol–water partition coefficient (Wildman–Crippen LogP) is 0.773. The molecule has 0 radical (unpaired) electrons. The Hall–Kier alpha value is -1.52. The third kappa shape index (κ3) is 2.97. The summed E-state index contributed by atoms with van der Waals surface area (Å²) in [5, 5.41) is 12.4. The van der Waals surface area contributed by atoms with E-state index in [2.05, 4.69) is 10.3 Å². The van der Waals surface area contributed by atoms with E-state index in [9.17, 15) is 9.90 Å². The van der Waals surface area contributed by atoms with Gasteiger partial charge in [0.25, 0.3) is 0 Å². The first kappa shape index (κ1) is 11.6. The summed E-state index contributed by atoms with van der Waals surface area (Å²) in [4.78, 5) is 15.7. The van der Waals surface area contributed by atoms with Gasteiger partial charge in [0.05, 0.1) is 6.61 Å². The Morgan fingerprint density at radius 1 is 1.67 bits per heavy atom. The number of aliphatic imine (C=N–C) groups is 1. The fourth-order valence-corrected chi connectivity index (χ4v) is 1.32. The van der Waals surface area contributed by atoms with E-state index in [1.807, 2.05) is 0 Å². The van der Waals surface area contributed by atoms with Crippen LogP contribution in [-0.4, -0.2) is 36.6 Å². The molecule has 0 amide bonds. The topological polar surface area (TPSA) is 70.9 Å². The normalized spacial score (nSPS) is 17.3. The molecule has 15 heavy (non-hydrogen) atoms. The molecule has 84 valence electrons. The molecule has 5 nitrogen and oxygen atoms in total. The van der Waals surface area contributed by atoms with Crippen molar-refractivity contribution in [1.29, 1.82) is 0 Å². The first-order valence-corrected chi connectivity index (χ1v) is 5.02. The van der Waals surface area contributed by atoms with Gasteiger partial charge in [0.1, 0.15) is 17.2 Å². The average Bonchev–Trinajstić information content (AvgIpc) is 2.19. The number of carbonyl (C=O) groups excluding carboxylic acids is 1. The van der Waals surface area contributed by atoms with Gasteiger partial charge in [0, 0.05) is 13.1 Å². The van der Waals surface area contributed by atoms with Crippen LogP contribution in [0.3, 0.4) is 0 Å². The lowest BCUT2D eigenvalue weighted by molar-refractivity contribution is -0.138. The zero-order valence-corrected chi connectivity index (χ0v) is 9.04. The lowest BCUT2D eigenvalue weighted by Crippen LogP contribution is -2.34. The summed E-state index contributed by atoms with van der Waals surface area (Å²) < 4.78 is 4.84. The Labute approximate surface area is 88.8 Å². The fraction of sp³-hybridized carbons (Fsp3) is 0.600. The van der Waals surface area contributed by atoms with Gasteiger partial charge < -0.3 is 15.2 Å². The molecule has 0 spiro atoms. The summed E-state index contributed by atoms with van der Waals surface area (Å²) in [6.45, 7) is 4.87. The van der Waals surface area contributed by atoms with Crippen LogP contribution in [0, 0.1) is 0 Å². The first-order chi connectivity index (χ1) is 7.16. The Morgan fingerprint density at radius 2 is 2.40 bits per heavy atom. The van der Waals surface area contributed by atoms with E-state index in [1.54, 1.807) is 6.92 Å². The number of aliphatic hydroxyl groups excluding tert-OH is 1. The van der Waals surface area contributed by atoms with Gasteiger partial charge in [-0.2, -0.15) is 0 Å². The van der Waals surface area contributed by atoms with Crippen LogP contribution in [0.15, 0.2) is 16.3 Å². The van der Waals surface area contributed by atoms with Gasteiger partial charge in [-0.25, -0.2) is 4.79 Å². The molecular weight excluding hydrogens is 196 g/mol. The molecule has 0 atom stereocenters. The second kappa shape index (κ2) is 5.38. The third-order valence-electron chi connectivity index (χ3n) is 1.98. The minimum Gasteiger partial charge on any atom is -0.512 e. The summed E-state index contributed by atoms with van der Waals surface area (Å²) in [6, 6.07) is 0. The molecular formula is C10H16N2O3. The molecule has 2 N–H and O–H groups in total.